The highest BCUT2D eigenvalue weighted by Gasteiger charge is 2.34. The lowest BCUT2D eigenvalue weighted by Gasteiger charge is -2.25. The van der Waals surface area contributed by atoms with Crippen LogP contribution >= 0.6 is 11.6 Å². The second kappa shape index (κ2) is 8.23. The molecule has 0 radical (unpaired) electrons. The molecule has 9 nitrogen and oxygen atoms in total. The van der Waals surface area contributed by atoms with Crippen LogP contribution in [-0.4, -0.2) is 39.3 Å². The number of halogens is 1. The number of hydrogen-bond acceptors (Lipinski definition) is 7. The highest BCUT2D eigenvalue weighted by molar-refractivity contribution is 7.93. The van der Waals surface area contributed by atoms with E-state index in [2.05, 4.69) is 0 Å². The Morgan fingerprint density at radius 1 is 1.19 bits per heavy atom. The van der Waals surface area contributed by atoms with Crippen LogP contribution in [0.15, 0.2) is 47.4 Å². The highest BCUT2D eigenvalue weighted by Crippen LogP contribution is 2.37. The topological polar surface area (TPSA) is 116 Å². The van der Waals surface area contributed by atoms with Crippen molar-refractivity contribution in [3.8, 4) is 11.5 Å². The monoisotopic (exact) mass is 414 g/mol. The number of sulfonamides is 1. The van der Waals surface area contributed by atoms with Crippen LogP contribution < -0.4 is 13.8 Å². The van der Waals surface area contributed by atoms with Crippen molar-refractivity contribution >= 4 is 38.2 Å². The van der Waals surface area contributed by atoms with E-state index >= 15 is 0 Å². The average Bonchev–Trinajstić information content (AvgIpc) is 2.65. The zero-order valence-corrected chi connectivity index (χ0v) is 15.9. The van der Waals surface area contributed by atoms with Crippen LogP contribution in [0.25, 0.3) is 0 Å². The molecule has 2 aromatic carbocycles. The number of methoxy groups -OCH3 is 2. The van der Waals surface area contributed by atoms with E-state index in [1.165, 1.54) is 44.6 Å². The maximum Gasteiger partial charge on any atom is 0.289 e. The van der Waals surface area contributed by atoms with Gasteiger partial charge in [-0.05, 0) is 29.8 Å². The normalized spacial score (nSPS) is 10.9. The zero-order chi connectivity index (χ0) is 20.2. The minimum Gasteiger partial charge on any atom is -0.497 e. The fourth-order valence-electron chi connectivity index (χ4n) is 2.35. The number of carbonyl (C=O) groups is 1. The van der Waals surface area contributed by atoms with Crippen LogP contribution in [0.4, 0.5) is 11.4 Å². The second-order valence-electron chi connectivity index (χ2n) is 5.13. The maximum absolute atomic E-state index is 13.2. The van der Waals surface area contributed by atoms with Crippen LogP contribution in [0, 0.1) is 10.1 Å². The number of anilines is 1. The zero-order valence-electron chi connectivity index (χ0n) is 14.3. The summed E-state index contributed by atoms with van der Waals surface area (Å²) in [5.41, 5.74) is -0.685. The highest BCUT2D eigenvalue weighted by atomic mass is 35.5. The molecule has 0 fully saturated rings. The van der Waals surface area contributed by atoms with Gasteiger partial charge in [-0.15, -0.1) is 0 Å². The molecule has 0 N–H and O–H groups in total. The molecular formula is C16H15ClN2O7S. The van der Waals surface area contributed by atoms with Gasteiger partial charge in [-0.2, -0.15) is 0 Å². The Morgan fingerprint density at radius 3 is 2.41 bits per heavy atom. The summed E-state index contributed by atoms with van der Waals surface area (Å²) in [6, 6.07) is 9.09. The molecule has 144 valence electrons. The van der Waals surface area contributed by atoms with Crippen LogP contribution in [0.1, 0.15) is 0 Å². The first-order chi connectivity index (χ1) is 12.7. The standard InChI is InChI=1S/C16H15ClN2O7S/c1-25-11-7-8-14(26-2)13(9-11)18(10-16(17)20)27(23,24)15-6-4-3-5-12(15)19(21)22/h3-9H,10H2,1-2H3. The summed E-state index contributed by atoms with van der Waals surface area (Å²) in [7, 11) is -1.85. The van der Waals surface area contributed by atoms with Gasteiger partial charge in [0.2, 0.25) is 5.24 Å². The summed E-state index contributed by atoms with van der Waals surface area (Å²) in [6.07, 6.45) is 0. The number of rotatable bonds is 8. The number of carbonyl (C=O) groups excluding carboxylic acids is 1. The molecule has 0 unspecified atom stereocenters. The number of nitrogens with zero attached hydrogens (tertiary/aromatic N) is 2. The molecular weight excluding hydrogens is 400 g/mol. The Labute approximate surface area is 160 Å². The van der Waals surface area contributed by atoms with Gasteiger partial charge in [0.15, 0.2) is 4.90 Å². The Kier molecular flexibility index (Phi) is 6.24. The van der Waals surface area contributed by atoms with Crippen LogP contribution in [-0.2, 0) is 14.8 Å². The van der Waals surface area contributed by atoms with E-state index < -0.39 is 37.3 Å². The smallest absolute Gasteiger partial charge is 0.289 e. The van der Waals surface area contributed by atoms with Crippen LogP contribution in [0.3, 0.4) is 0 Å². The number of nitro groups is 1. The Hall–Kier alpha value is -2.85. The molecule has 11 heteroatoms. The third-order valence-electron chi connectivity index (χ3n) is 3.55. The van der Waals surface area contributed by atoms with E-state index in [0.29, 0.717) is 4.31 Å². The van der Waals surface area contributed by atoms with Gasteiger partial charge < -0.3 is 9.47 Å². The van der Waals surface area contributed by atoms with Gasteiger partial charge >= 0.3 is 0 Å². The lowest BCUT2D eigenvalue weighted by atomic mass is 10.2. The fourth-order valence-corrected chi connectivity index (χ4v) is 4.12. The van der Waals surface area contributed by atoms with Crippen molar-refractivity contribution in [2.75, 3.05) is 25.1 Å². The van der Waals surface area contributed by atoms with Crippen molar-refractivity contribution in [3.63, 3.8) is 0 Å². The molecule has 0 saturated carbocycles. The molecule has 0 saturated heterocycles. The lowest BCUT2D eigenvalue weighted by Crippen LogP contribution is -2.35. The van der Waals surface area contributed by atoms with E-state index in [-0.39, 0.29) is 17.2 Å². The first kappa shape index (κ1) is 20.5. The SMILES string of the molecule is COc1ccc(OC)c(N(CC(=O)Cl)S(=O)(=O)c2ccccc2[N+](=O)[O-])c1. The van der Waals surface area contributed by atoms with E-state index in [0.717, 1.165) is 12.1 Å². The molecule has 0 heterocycles. The predicted octanol–water partition coefficient (Wildman–Crippen LogP) is 2.57. The van der Waals surface area contributed by atoms with E-state index in [9.17, 15) is 23.3 Å². The van der Waals surface area contributed by atoms with Crippen molar-refractivity contribution < 1.29 is 27.6 Å². The Balaban J connectivity index is 2.75. The molecule has 0 aliphatic carbocycles. The van der Waals surface area contributed by atoms with Gasteiger partial charge in [-0.1, -0.05) is 12.1 Å². The fraction of sp³-hybridized carbons (Fsp3) is 0.188. The van der Waals surface area contributed by atoms with Crippen molar-refractivity contribution in [1.82, 2.24) is 0 Å². The van der Waals surface area contributed by atoms with Crippen molar-refractivity contribution in [1.29, 1.82) is 0 Å². The molecule has 0 atom stereocenters. The summed E-state index contributed by atoms with van der Waals surface area (Å²) in [5, 5.41) is 10.3. The summed E-state index contributed by atoms with van der Waals surface area (Å²) >= 11 is 5.44. The van der Waals surface area contributed by atoms with Gasteiger partial charge in [0, 0.05) is 12.1 Å². The van der Waals surface area contributed by atoms with Crippen LogP contribution in [0.5, 0.6) is 11.5 Å². The number of para-hydroxylation sites is 1. The third-order valence-corrected chi connectivity index (χ3v) is 5.48. The van der Waals surface area contributed by atoms with E-state index in [1.807, 2.05) is 0 Å². The number of ether oxygens (including phenoxy) is 2. The average molecular weight is 415 g/mol. The minimum atomic E-state index is -4.53. The van der Waals surface area contributed by atoms with Crippen LogP contribution in [0.2, 0.25) is 0 Å². The van der Waals surface area contributed by atoms with Gasteiger partial charge in [-0.25, -0.2) is 8.42 Å². The second-order valence-corrected chi connectivity index (χ2v) is 7.38. The lowest BCUT2D eigenvalue weighted by molar-refractivity contribution is -0.387. The first-order valence-electron chi connectivity index (χ1n) is 7.39. The largest absolute Gasteiger partial charge is 0.497 e. The van der Waals surface area contributed by atoms with E-state index in [4.69, 9.17) is 21.1 Å². The molecule has 2 rings (SSSR count). The molecule has 0 amide bonds. The minimum absolute atomic E-state index is 0.0519. The molecule has 0 aliphatic rings. The van der Waals surface area contributed by atoms with Gasteiger partial charge in [0.05, 0.1) is 24.8 Å². The van der Waals surface area contributed by atoms with Crippen molar-refractivity contribution in [2.45, 2.75) is 4.90 Å². The molecule has 0 aliphatic heterocycles. The third kappa shape index (κ3) is 4.29. The van der Waals surface area contributed by atoms with Gasteiger partial charge in [-0.3, -0.25) is 19.2 Å². The number of hydrogen-bond donors (Lipinski definition) is 0. The molecule has 0 aromatic heterocycles. The summed E-state index contributed by atoms with van der Waals surface area (Å²) < 4.78 is 37.2. The Bertz CT molecular complexity index is 978. The van der Waals surface area contributed by atoms with Crippen molar-refractivity contribution in [2.24, 2.45) is 0 Å². The van der Waals surface area contributed by atoms with Crippen molar-refractivity contribution in [3.05, 3.63) is 52.6 Å². The first-order valence-corrected chi connectivity index (χ1v) is 9.20. The molecule has 0 spiro atoms. The summed E-state index contributed by atoms with van der Waals surface area (Å²) in [5.74, 6) is 0.395. The van der Waals surface area contributed by atoms with E-state index in [1.54, 1.807) is 0 Å². The molecule has 27 heavy (non-hydrogen) atoms. The summed E-state index contributed by atoms with van der Waals surface area (Å²) in [6.45, 7) is -0.764. The molecule has 2 aromatic rings. The van der Waals surface area contributed by atoms with Gasteiger partial charge in [0.1, 0.15) is 18.0 Å². The number of benzene rings is 2. The predicted molar refractivity (Wildman–Crippen MR) is 98.0 cm³/mol. The quantitative estimate of drug-likeness (QED) is 0.370. The summed E-state index contributed by atoms with van der Waals surface area (Å²) in [4.78, 5) is 21.4. The Morgan fingerprint density at radius 2 is 1.85 bits per heavy atom. The molecule has 0 bridgehead atoms. The maximum atomic E-state index is 13.2. The number of nitro benzene ring substituents is 1. The van der Waals surface area contributed by atoms with Gasteiger partial charge in [0.25, 0.3) is 15.7 Å².